The van der Waals surface area contributed by atoms with Gasteiger partial charge in [0.1, 0.15) is 22.9 Å². The quantitative estimate of drug-likeness (QED) is 0.218. The van der Waals surface area contributed by atoms with Crippen molar-refractivity contribution >= 4 is 21.9 Å². The van der Waals surface area contributed by atoms with Crippen LogP contribution in [0.25, 0.3) is 0 Å². The number of benzene rings is 1. The first-order chi connectivity index (χ1) is 9.51. The molecular formula is C15H14BrFO3. The Kier molecular flexibility index (Phi) is 6.18. The van der Waals surface area contributed by atoms with E-state index in [0.717, 1.165) is 6.08 Å². The summed E-state index contributed by atoms with van der Waals surface area (Å²) in [4.78, 5) is 12.1. The number of hydrogen-bond acceptors (Lipinski definition) is 3. The predicted molar refractivity (Wildman–Crippen MR) is 79.5 cm³/mol. The van der Waals surface area contributed by atoms with E-state index in [1.807, 2.05) is 0 Å². The fourth-order valence-electron chi connectivity index (χ4n) is 1.47. The van der Waals surface area contributed by atoms with Gasteiger partial charge in [-0.3, -0.25) is 0 Å². The van der Waals surface area contributed by atoms with E-state index in [-0.39, 0.29) is 22.2 Å². The van der Waals surface area contributed by atoms with Crippen LogP contribution in [0.1, 0.15) is 6.92 Å². The standard InChI is InChI=1S/C15H14BrFO3/c1-3-12(17)10(2)14(13(18)9-16)15(19)20-11-7-5-4-6-8-11/h3-8,18H,1,9H2,2H3/b12-10+,14-13-. The van der Waals surface area contributed by atoms with E-state index in [2.05, 4.69) is 22.5 Å². The Balaban J connectivity index is 3.14. The third-order valence-corrected chi connectivity index (χ3v) is 3.02. The largest absolute Gasteiger partial charge is 0.511 e. The summed E-state index contributed by atoms with van der Waals surface area (Å²) in [7, 11) is 0. The van der Waals surface area contributed by atoms with Gasteiger partial charge in [-0.1, -0.05) is 40.7 Å². The number of carbonyl (C=O) groups is 1. The molecule has 0 unspecified atom stereocenters. The SMILES string of the molecule is C=C/C(F)=C(C)\C(C(=O)Oc1ccccc1)=C(\O)CBr. The average Bonchev–Trinajstić information content (AvgIpc) is 2.47. The van der Waals surface area contributed by atoms with E-state index in [9.17, 15) is 14.3 Å². The van der Waals surface area contributed by atoms with Crippen molar-refractivity contribution < 1.29 is 19.0 Å². The number of rotatable bonds is 5. The smallest absolute Gasteiger partial charge is 0.347 e. The van der Waals surface area contributed by atoms with Gasteiger partial charge in [-0.05, 0) is 25.1 Å². The van der Waals surface area contributed by atoms with Crippen LogP contribution in [0.2, 0.25) is 0 Å². The second kappa shape index (κ2) is 7.65. The van der Waals surface area contributed by atoms with Crippen LogP contribution in [0.4, 0.5) is 4.39 Å². The summed E-state index contributed by atoms with van der Waals surface area (Å²) in [5, 5.41) is 9.79. The van der Waals surface area contributed by atoms with Gasteiger partial charge < -0.3 is 9.84 Å². The van der Waals surface area contributed by atoms with E-state index in [4.69, 9.17) is 4.74 Å². The summed E-state index contributed by atoms with van der Waals surface area (Å²) in [5.41, 5.74) is -0.249. The number of halogens is 2. The van der Waals surface area contributed by atoms with Crippen LogP contribution in [-0.2, 0) is 4.79 Å². The zero-order valence-electron chi connectivity index (χ0n) is 10.9. The zero-order valence-corrected chi connectivity index (χ0v) is 12.5. The highest BCUT2D eigenvalue weighted by molar-refractivity contribution is 9.09. The van der Waals surface area contributed by atoms with Crippen molar-refractivity contribution in [1.82, 2.24) is 0 Å². The molecule has 106 valence electrons. The Morgan fingerprint density at radius 3 is 2.55 bits per heavy atom. The highest BCUT2D eigenvalue weighted by atomic mass is 79.9. The molecule has 1 aromatic rings. The zero-order chi connectivity index (χ0) is 15.1. The summed E-state index contributed by atoms with van der Waals surface area (Å²) in [6.07, 6.45) is 0.965. The number of para-hydroxylation sites is 1. The minimum Gasteiger partial charge on any atom is -0.511 e. The molecule has 0 saturated carbocycles. The maximum Gasteiger partial charge on any atom is 0.347 e. The van der Waals surface area contributed by atoms with Crippen LogP contribution in [0.3, 0.4) is 0 Å². The molecule has 0 saturated heterocycles. The first-order valence-electron chi connectivity index (χ1n) is 5.75. The van der Waals surface area contributed by atoms with Gasteiger partial charge in [0.15, 0.2) is 0 Å². The molecule has 1 N–H and O–H groups in total. The summed E-state index contributed by atoms with van der Waals surface area (Å²) in [6.45, 7) is 4.66. The summed E-state index contributed by atoms with van der Waals surface area (Å²) in [5.74, 6) is -1.52. The van der Waals surface area contributed by atoms with Crippen molar-refractivity contribution in [3.05, 3.63) is 65.7 Å². The molecule has 0 atom stereocenters. The van der Waals surface area contributed by atoms with Crippen LogP contribution in [0, 0.1) is 0 Å². The lowest BCUT2D eigenvalue weighted by Crippen LogP contribution is -2.15. The summed E-state index contributed by atoms with van der Waals surface area (Å²) >= 11 is 3.02. The minimum atomic E-state index is -0.831. The van der Waals surface area contributed by atoms with Crippen molar-refractivity contribution in [2.45, 2.75) is 6.92 Å². The van der Waals surface area contributed by atoms with Crippen molar-refractivity contribution in [1.29, 1.82) is 0 Å². The minimum absolute atomic E-state index is 0.00792. The second-order valence-corrected chi connectivity index (χ2v) is 4.40. The van der Waals surface area contributed by atoms with Gasteiger partial charge >= 0.3 is 5.97 Å². The number of aliphatic hydroxyl groups excluding tert-OH is 1. The normalized spacial score (nSPS) is 13.2. The van der Waals surface area contributed by atoms with E-state index >= 15 is 0 Å². The molecule has 0 aliphatic carbocycles. The molecule has 1 aromatic carbocycles. The third-order valence-electron chi connectivity index (χ3n) is 2.49. The van der Waals surface area contributed by atoms with Gasteiger partial charge in [-0.2, -0.15) is 0 Å². The highest BCUT2D eigenvalue weighted by Gasteiger charge is 2.21. The topological polar surface area (TPSA) is 46.5 Å². The highest BCUT2D eigenvalue weighted by Crippen LogP contribution is 2.22. The maximum absolute atomic E-state index is 13.6. The van der Waals surface area contributed by atoms with Gasteiger partial charge in [0, 0.05) is 5.57 Å². The van der Waals surface area contributed by atoms with Crippen molar-refractivity contribution in [3.8, 4) is 5.75 Å². The molecule has 0 aliphatic rings. The Morgan fingerprint density at radius 2 is 2.05 bits per heavy atom. The van der Waals surface area contributed by atoms with E-state index < -0.39 is 11.8 Å². The van der Waals surface area contributed by atoms with Gasteiger partial charge in [0.2, 0.25) is 0 Å². The van der Waals surface area contributed by atoms with E-state index in [1.54, 1.807) is 30.3 Å². The lowest BCUT2D eigenvalue weighted by Gasteiger charge is -2.10. The number of allylic oxidation sites excluding steroid dienone is 3. The van der Waals surface area contributed by atoms with E-state index in [1.165, 1.54) is 6.92 Å². The average molecular weight is 341 g/mol. The summed E-state index contributed by atoms with van der Waals surface area (Å²) < 4.78 is 18.7. The summed E-state index contributed by atoms with van der Waals surface area (Å²) in [6, 6.07) is 8.34. The number of carbonyl (C=O) groups excluding carboxylic acids is 1. The molecule has 0 amide bonds. The monoisotopic (exact) mass is 340 g/mol. The number of aliphatic hydroxyl groups is 1. The number of esters is 1. The molecule has 0 aliphatic heterocycles. The first kappa shape index (κ1) is 16.2. The molecule has 5 heteroatoms. The van der Waals surface area contributed by atoms with Crippen LogP contribution in [0.15, 0.2) is 65.7 Å². The Bertz CT molecular complexity index is 562. The van der Waals surface area contributed by atoms with Gasteiger partial charge in [0.05, 0.1) is 5.33 Å². The van der Waals surface area contributed by atoms with Crippen LogP contribution < -0.4 is 4.74 Å². The van der Waals surface area contributed by atoms with Gasteiger partial charge in [0.25, 0.3) is 0 Å². The predicted octanol–water partition coefficient (Wildman–Crippen LogP) is 4.23. The fraction of sp³-hybridized carbons (Fsp3) is 0.133. The molecule has 3 nitrogen and oxygen atoms in total. The van der Waals surface area contributed by atoms with Crippen LogP contribution in [0.5, 0.6) is 5.75 Å². The number of alkyl halides is 1. The van der Waals surface area contributed by atoms with Crippen LogP contribution in [-0.4, -0.2) is 16.4 Å². The molecule has 1 rings (SSSR count). The van der Waals surface area contributed by atoms with Crippen LogP contribution >= 0.6 is 15.9 Å². The molecular weight excluding hydrogens is 327 g/mol. The number of hydrogen-bond donors (Lipinski definition) is 1. The lowest BCUT2D eigenvalue weighted by molar-refractivity contribution is -0.130. The van der Waals surface area contributed by atoms with Gasteiger partial charge in [-0.25, -0.2) is 9.18 Å². The third kappa shape index (κ3) is 4.06. The van der Waals surface area contributed by atoms with E-state index in [0.29, 0.717) is 5.75 Å². The Morgan fingerprint density at radius 1 is 1.45 bits per heavy atom. The Labute approximate surface area is 125 Å². The molecule has 0 bridgehead atoms. The molecule has 0 fully saturated rings. The second-order valence-electron chi connectivity index (χ2n) is 3.83. The molecule has 0 aromatic heterocycles. The molecule has 20 heavy (non-hydrogen) atoms. The van der Waals surface area contributed by atoms with Crippen molar-refractivity contribution in [2.24, 2.45) is 0 Å². The van der Waals surface area contributed by atoms with Crippen molar-refractivity contribution in [3.63, 3.8) is 0 Å². The first-order valence-corrected chi connectivity index (χ1v) is 6.87. The maximum atomic E-state index is 13.6. The molecule has 0 heterocycles. The number of ether oxygens (including phenoxy) is 1. The lowest BCUT2D eigenvalue weighted by atomic mass is 10.1. The van der Waals surface area contributed by atoms with Crippen molar-refractivity contribution in [2.75, 3.05) is 5.33 Å². The van der Waals surface area contributed by atoms with Gasteiger partial charge in [-0.15, -0.1) is 0 Å². The fourth-order valence-corrected chi connectivity index (χ4v) is 1.75. The Hall–Kier alpha value is -1.88. The molecule has 0 radical (unpaired) electrons. The molecule has 0 spiro atoms.